The van der Waals surface area contributed by atoms with Gasteiger partial charge in [-0.3, -0.25) is 23.1 Å². The van der Waals surface area contributed by atoms with Crippen LogP contribution in [0.15, 0.2) is 46.2 Å². The summed E-state index contributed by atoms with van der Waals surface area (Å²) in [6.45, 7) is 0.160. The van der Waals surface area contributed by atoms with Crippen molar-refractivity contribution in [3.8, 4) is 0 Å². The van der Waals surface area contributed by atoms with E-state index >= 15 is 0 Å². The predicted octanol–water partition coefficient (Wildman–Crippen LogP) is -0.395. The monoisotopic (exact) mass is 365 g/mol. The first-order valence-corrected chi connectivity index (χ1v) is 8.10. The largest absolute Gasteiger partial charge is 0.345 e. The number of pyridine rings is 2. The molecule has 0 atom stereocenters. The molecule has 0 spiro atoms. The smallest absolute Gasteiger partial charge is 0.332 e. The van der Waals surface area contributed by atoms with Gasteiger partial charge in [0.05, 0.1) is 17.5 Å². The Balaban J connectivity index is 1.65. The lowest BCUT2D eigenvalue weighted by Crippen LogP contribution is -2.37. The summed E-state index contributed by atoms with van der Waals surface area (Å²) < 4.78 is 4.01. The first-order chi connectivity index (χ1) is 13.0. The number of rotatable bonds is 3. The standard InChI is InChI=1S/C17H15N7O3/c1-22-14-11(16(26)23(2)17(22)27)7-10(8-18-14)15(25)19-9-13-21-20-12-5-3-4-6-24(12)13/h3-8H,9H2,1-2H3,(H,19,25). The molecule has 10 heteroatoms. The number of fused-ring (bicyclic) bond motifs is 2. The second kappa shape index (κ2) is 6.16. The zero-order valence-corrected chi connectivity index (χ0v) is 14.6. The maximum absolute atomic E-state index is 12.5. The van der Waals surface area contributed by atoms with E-state index in [0.29, 0.717) is 11.5 Å². The van der Waals surface area contributed by atoms with E-state index in [1.807, 2.05) is 18.2 Å². The quantitative estimate of drug-likeness (QED) is 0.528. The average Bonchev–Trinajstić information content (AvgIpc) is 3.11. The number of aromatic nitrogens is 6. The Morgan fingerprint density at radius 1 is 1.15 bits per heavy atom. The van der Waals surface area contributed by atoms with Crippen molar-refractivity contribution in [1.29, 1.82) is 0 Å². The maximum atomic E-state index is 12.5. The van der Waals surface area contributed by atoms with Gasteiger partial charge in [0.25, 0.3) is 11.5 Å². The number of nitrogens with one attached hydrogen (secondary N) is 1. The SMILES string of the molecule is Cn1c(=O)c2cc(C(=O)NCc3nnc4ccccn34)cnc2n(C)c1=O. The third-order valence-electron chi connectivity index (χ3n) is 4.35. The lowest BCUT2D eigenvalue weighted by Gasteiger charge is -2.08. The highest BCUT2D eigenvalue weighted by Gasteiger charge is 2.14. The van der Waals surface area contributed by atoms with E-state index in [2.05, 4.69) is 20.5 Å². The molecule has 0 unspecified atom stereocenters. The summed E-state index contributed by atoms with van der Waals surface area (Å²) >= 11 is 0. The number of amides is 1. The molecule has 0 fully saturated rings. The van der Waals surface area contributed by atoms with E-state index in [0.717, 1.165) is 4.57 Å². The van der Waals surface area contributed by atoms with Crippen LogP contribution in [0.25, 0.3) is 16.7 Å². The van der Waals surface area contributed by atoms with Crippen LogP contribution >= 0.6 is 0 Å². The lowest BCUT2D eigenvalue weighted by molar-refractivity contribution is 0.0949. The summed E-state index contributed by atoms with van der Waals surface area (Å²) in [6.07, 6.45) is 3.14. The second-order valence-electron chi connectivity index (χ2n) is 6.03. The van der Waals surface area contributed by atoms with Crippen LogP contribution in [-0.4, -0.2) is 34.6 Å². The third-order valence-corrected chi connectivity index (χ3v) is 4.35. The zero-order valence-electron chi connectivity index (χ0n) is 14.6. The molecule has 0 aliphatic heterocycles. The molecular formula is C17H15N7O3. The van der Waals surface area contributed by atoms with Gasteiger partial charge in [0.1, 0.15) is 5.65 Å². The molecule has 10 nitrogen and oxygen atoms in total. The molecule has 0 bridgehead atoms. The van der Waals surface area contributed by atoms with Crippen molar-refractivity contribution in [2.45, 2.75) is 6.54 Å². The maximum Gasteiger partial charge on any atom is 0.332 e. The van der Waals surface area contributed by atoms with Crippen molar-refractivity contribution in [2.24, 2.45) is 14.1 Å². The molecule has 1 amide bonds. The van der Waals surface area contributed by atoms with Gasteiger partial charge in [-0.2, -0.15) is 0 Å². The molecule has 27 heavy (non-hydrogen) atoms. The first kappa shape index (κ1) is 16.6. The fourth-order valence-corrected chi connectivity index (χ4v) is 2.86. The number of aryl methyl sites for hydroxylation is 1. The Labute approximate surface area is 151 Å². The van der Waals surface area contributed by atoms with Crippen LogP contribution < -0.4 is 16.6 Å². The number of nitrogens with zero attached hydrogens (tertiary/aromatic N) is 6. The van der Waals surface area contributed by atoms with Gasteiger partial charge in [-0.25, -0.2) is 9.78 Å². The summed E-state index contributed by atoms with van der Waals surface area (Å²) in [4.78, 5) is 40.9. The van der Waals surface area contributed by atoms with Crippen LogP contribution in [0.5, 0.6) is 0 Å². The number of hydrogen-bond acceptors (Lipinski definition) is 6. The van der Waals surface area contributed by atoms with Gasteiger partial charge in [-0.05, 0) is 18.2 Å². The average molecular weight is 365 g/mol. The van der Waals surface area contributed by atoms with Gasteiger partial charge in [-0.15, -0.1) is 10.2 Å². The van der Waals surface area contributed by atoms with Gasteiger partial charge >= 0.3 is 5.69 Å². The lowest BCUT2D eigenvalue weighted by atomic mass is 10.2. The van der Waals surface area contributed by atoms with Crippen molar-refractivity contribution in [2.75, 3.05) is 0 Å². The van der Waals surface area contributed by atoms with Gasteiger partial charge in [0, 0.05) is 26.5 Å². The number of carbonyl (C=O) groups excluding carboxylic acids is 1. The Bertz CT molecular complexity index is 1320. The molecule has 0 aromatic carbocycles. The summed E-state index contributed by atoms with van der Waals surface area (Å²) in [5.74, 6) is 0.166. The van der Waals surface area contributed by atoms with E-state index in [9.17, 15) is 14.4 Å². The molecule has 136 valence electrons. The minimum atomic E-state index is -0.501. The Morgan fingerprint density at radius 2 is 1.96 bits per heavy atom. The molecule has 0 saturated heterocycles. The fourth-order valence-electron chi connectivity index (χ4n) is 2.86. The van der Waals surface area contributed by atoms with Crippen molar-refractivity contribution < 1.29 is 4.79 Å². The first-order valence-electron chi connectivity index (χ1n) is 8.10. The van der Waals surface area contributed by atoms with E-state index in [1.54, 1.807) is 10.6 Å². The summed E-state index contributed by atoms with van der Waals surface area (Å²) in [5, 5.41) is 11.0. The Hall–Kier alpha value is -3.82. The molecule has 4 aromatic rings. The van der Waals surface area contributed by atoms with Crippen LogP contribution in [0.4, 0.5) is 0 Å². The molecule has 0 aliphatic rings. The van der Waals surface area contributed by atoms with E-state index in [4.69, 9.17) is 0 Å². The Kier molecular flexibility index (Phi) is 3.80. The molecule has 0 radical (unpaired) electrons. The Morgan fingerprint density at radius 3 is 2.78 bits per heavy atom. The minimum Gasteiger partial charge on any atom is -0.345 e. The van der Waals surface area contributed by atoms with Crippen molar-refractivity contribution >= 4 is 22.6 Å². The zero-order chi connectivity index (χ0) is 19.1. The summed E-state index contributed by atoms with van der Waals surface area (Å²) in [7, 11) is 2.90. The van der Waals surface area contributed by atoms with Crippen LogP contribution in [0.3, 0.4) is 0 Å². The molecule has 0 saturated carbocycles. The van der Waals surface area contributed by atoms with Crippen molar-refractivity contribution in [3.63, 3.8) is 0 Å². The molecule has 0 aliphatic carbocycles. The number of carbonyl (C=O) groups is 1. The fraction of sp³-hybridized carbons (Fsp3) is 0.176. The van der Waals surface area contributed by atoms with Crippen LogP contribution in [0.1, 0.15) is 16.2 Å². The summed E-state index contributed by atoms with van der Waals surface area (Å²) in [5.41, 5.74) is 0.142. The van der Waals surface area contributed by atoms with E-state index in [1.165, 1.54) is 30.9 Å². The van der Waals surface area contributed by atoms with Crippen LogP contribution in [-0.2, 0) is 20.6 Å². The number of hydrogen-bond donors (Lipinski definition) is 1. The molecule has 4 aromatic heterocycles. The summed E-state index contributed by atoms with van der Waals surface area (Å²) in [6, 6.07) is 6.93. The van der Waals surface area contributed by atoms with Gasteiger partial charge in [0.2, 0.25) is 0 Å². The molecule has 4 heterocycles. The van der Waals surface area contributed by atoms with Crippen molar-refractivity contribution in [3.05, 3.63) is 68.9 Å². The van der Waals surface area contributed by atoms with E-state index in [-0.39, 0.29) is 23.1 Å². The third kappa shape index (κ3) is 2.67. The highest BCUT2D eigenvalue weighted by molar-refractivity contribution is 5.96. The second-order valence-corrected chi connectivity index (χ2v) is 6.03. The highest BCUT2D eigenvalue weighted by Crippen LogP contribution is 2.08. The van der Waals surface area contributed by atoms with Crippen LogP contribution in [0.2, 0.25) is 0 Å². The van der Waals surface area contributed by atoms with Crippen LogP contribution in [0, 0.1) is 0 Å². The topological polar surface area (TPSA) is 116 Å². The van der Waals surface area contributed by atoms with E-state index < -0.39 is 17.2 Å². The minimum absolute atomic E-state index is 0.160. The molecule has 4 rings (SSSR count). The highest BCUT2D eigenvalue weighted by atomic mass is 16.2. The van der Waals surface area contributed by atoms with Gasteiger partial charge in [0.15, 0.2) is 11.5 Å². The normalized spacial score (nSPS) is 11.2. The predicted molar refractivity (Wildman–Crippen MR) is 96.4 cm³/mol. The van der Waals surface area contributed by atoms with Gasteiger partial charge in [-0.1, -0.05) is 6.07 Å². The van der Waals surface area contributed by atoms with Crippen molar-refractivity contribution in [1.82, 2.24) is 34.0 Å². The molecule has 1 N–H and O–H groups in total. The van der Waals surface area contributed by atoms with Gasteiger partial charge < -0.3 is 5.32 Å². The molecular weight excluding hydrogens is 350 g/mol.